The number of benzene rings is 2. The van der Waals surface area contributed by atoms with Gasteiger partial charge in [-0.05, 0) is 37.2 Å². The third kappa shape index (κ3) is 4.63. The van der Waals surface area contributed by atoms with Gasteiger partial charge in [0.25, 0.3) is 0 Å². The van der Waals surface area contributed by atoms with E-state index in [1.165, 1.54) is 0 Å². The van der Waals surface area contributed by atoms with Crippen molar-refractivity contribution in [1.82, 2.24) is 14.9 Å². The lowest BCUT2D eigenvalue weighted by Gasteiger charge is -2.21. The van der Waals surface area contributed by atoms with Crippen molar-refractivity contribution in [2.45, 2.75) is 6.42 Å². The van der Waals surface area contributed by atoms with Gasteiger partial charge in [-0.15, -0.1) is 0 Å². The summed E-state index contributed by atoms with van der Waals surface area (Å²) < 4.78 is 29.6. The van der Waals surface area contributed by atoms with E-state index in [1.807, 2.05) is 30.3 Å². The molecule has 1 fully saturated rings. The summed E-state index contributed by atoms with van der Waals surface area (Å²) in [4.78, 5) is 12.4. The van der Waals surface area contributed by atoms with Gasteiger partial charge in [-0.25, -0.2) is 4.98 Å². The maximum Gasteiger partial charge on any atom is 0.310 e. The molecular formula is C20H24N4O3S. The zero-order valence-electron chi connectivity index (χ0n) is 15.6. The molecule has 148 valence electrons. The van der Waals surface area contributed by atoms with Crippen LogP contribution in [0.2, 0.25) is 0 Å². The number of nitrogens with zero attached hydrogens (tertiary/aromatic N) is 3. The van der Waals surface area contributed by atoms with E-state index in [9.17, 15) is 8.42 Å². The van der Waals surface area contributed by atoms with Crippen molar-refractivity contribution in [2.75, 3.05) is 43.4 Å². The van der Waals surface area contributed by atoms with E-state index in [2.05, 4.69) is 19.8 Å². The summed E-state index contributed by atoms with van der Waals surface area (Å²) >= 11 is 0. The summed E-state index contributed by atoms with van der Waals surface area (Å²) in [5.74, 6) is 1.21. The van der Waals surface area contributed by atoms with E-state index in [0.29, 0.717) is 12.3 Å². The van der Waals surface area contributed by atoms with Crippen LogP contribution in [0.1, 0.15) is 6.42 Å². The van der Waals surface area contributed by atoms with Crippen molar-refractivity contribution in [3.8, 4) is 5.75 Å². The number of hydrogen-bond acceptors (Lipinski definition) is 6. The van der Waals surface area contributed by atoms with Gasteiger partial charge < -0.3 is 19.0 Å². The van der Waals surface area contributed by atoms with Gasteiger partial charge in [0.2, 0.25) is 5.95 Å². The molecule has 0 bridgehead atoms. The standard InChI is InChI=1S/C20H24N4O3S/c25-28(26,27-17-7-2-1-3-8-17)16-15-23-11-6-12-24(14-13-23)20-21-18-9-4-5-10-19(18)22-20/h1-5,7-10H,6,11-16H2,(H,21,22). The number of para-hydroxylation sites is 3. The highest BCUT2D eigenvalue weighted by Gasteiger charge is 2.20. The van der Waals surface area contributed by atoms with Gasteiger partial charge in [-0.1, -0.05) is 30.3 Å². The highest BCUT2D eigenvalue weighted by atomic mass is 32.2. The molecule has 7 nitrogen and oxygen atoms in total. The second-order valence-corrected chi connectivity index (χ2v) is 8.61. The average Bonchev–Trinajstić information content (AvgIpc) is 2.98. The SMILES string of the molecule is O=S(=O)(CCN1CCCN(c2nc3ccccc3[nH]2)CC1)Oc1ccccc1. The fourth-order valence-corrected chi connectivity index (χ4v) is 4.37. The maximum atomic E-state index is 12.2. The molecule has 0 saturated carbocycles. The van der Waals surface area contributed by atoms with Gasteiger partial charge in [0.05, 0.1) is 16.8 Å². The van der Waals surface area contributed by atoms with Gasteiger partial charge in [0.1, 0.15) is 5.75 Å². The zero-order chi connectivity index (χ0) is 19.4. The molecule has 0 unspecified atom stereocenters. The van der Waals surface area contributed by atoms with Crippen molar-refractivity contribution in [2.24, 2.45) is 0 Å². The predicted octanol–water partition coefficient (Wildman–Crippen LogP) is 2.48. The molecule has 0 spiro atoms. The molecule has 1 aliphatic rings. The van der Waals surface area contributed by atoms with Crippen molar-refractivity contribution in [3.63, 3.8) is 0 Å². The Bertz CT molecular complexity index is 987. The minimum atomic E-state index is -3.60. The van der Waals surface area contributed by atoms with Crippen LogP contribution in [0.25, 0.3) is 11.0 Å². The number of fused-ring (bicyclic) bond motifs is 1. The third-order valence-corrected chi connectivity index (χ3v) is 6.02. The second kappa shape index (κ2) is 8.20. The molecule has 8 heteroatoms. The van der Waals surface area contributed by atoms with Crippen molar-refractivity contribution in [1.29, 1.82) is 0 Å². The van der Waals surface area contributed by atoms with Crippen LogP contribution in [0.4, 0.5) is 5.95 Å². The number of rotatable bonds is 6. The van der Waals surface area contributed by atoms with Crippen LogP contribution in [0.5, 0.6) is 5.75 Å². The van der Waals surface area contributed by atoms with Crippen LogP contribution in [0.15, 0.2) is 54.6 Å². The Hall–Kier alpha value is -2.58. The fourth-order valence-electron chi connectivity index (χ4n) is 3.40. The van der Waals surface area contributed by atoms with E-state index in [0.717, 1.165) is 49.6 Å². The molecule has 0 aliphatic carbocycles. The van der Waals surface area contributed by atoms with E-state index in [-0.39, 0.29) is 5.75 Å². The minimum absolute atomic E-state index is 0.0213. The number of H-pyrrole nitrogens is 1. The van der Waals surface area contributed by atoms with Gasteiger partial charge >= 0.3 is 10.1 Å². The Balaban J connectivity index is 1.32. The quantitative estimate of drug-likeness (QED) is 0.641. The number of imidazole rings is 1. The zero-order valence-corrected chi connectivity index (χ0v) is 16.4. The molecule has 1 saturated heterocycles. The van der Waals surface area contributed by atoms with Crippen molar-refractivity contribution < 1.29 is 12.6 Å². The van der Waals surface area contributed by atoms with Crippen molar-refractivity contribution >= 4 is 27.1 Å². The minimum Gasteiger partial charge on any atom is -0.382 e. The summed E-state index contributed by atoms with van der Waals surface area (Å²) in [6.07, 6.45) is 0.955. The normalized spacial score (nSPS) is 16.2. The molecule has 2 aromatic carbocycles. The molecule has 2 heterocycles. The van der Waals surface area contributed by atoms with E-state index in [4.69, 9.17) is 4.18 Å². The molecule has 3 aromatic rings. The summed E-state index contributed by atoms with van der Waals surface area (Å²) in [6.45, 7) is 3.81. The highest BCUT2D eigenvalue weighted by Crippen LogP contribution is 2.18. The molecule has 0 radical (unpaired) electrons. The van der Waals surface area contributed by atoms with Crippen molar-refractivity contribution in [3.05, 3.63) is 54.6 Å². The van der Waals surface area contributed by atoms with E-state index in [1.54, 1.807) is 24.3 Å². The first-order valence-electron chi connectivity index (χ1n) is 9.48. The molecule has 28 heavy (non-hydrogen) atoms. The van der Waals surface area contributed by atoms with Gasteiger partial charge in [-0.2, -0.15) is 8.42 Å². The summed E-state index contributed by atoms with van der Waals surface area (Å²) in [7, 11) is -3.60. The molecule has 1 aliphatic heterocycles. The van der Waals surface area contributed by atoms with Crippen LogP contribution in [-0.4, -0.2) is 61.8 Å². The van der Waals surface area contributed by atoms with Crippen LogP contribution >= 0.6 is 0 Å². The Kier molecular flexibility index (Phi) is 5.50. The summed E-state index contributed by atoms with van der Waals surface area (Å²) in [6, 6.07) is 16.6. The molecular weight excluding hydrogens is 376 g/mol. The van der Waals surface area contributed by atoms with E-state index >= 15 is 0 Å². The Morgan fingerprint density at radius 2 is 1.75 bits per heavy atom. The third-order valence-electron chi connectivity index (χ3n) is 4.89. The number of nitrogens with one attached hydrogen (secondary N) is 1. The molecule has 4 rings (SSSR count). The fraction of sp³-hybridized carbons (Fsp3) is 0.350. The summed E-state index contributed by atoms with van der Waals surface area (Å²) in [5.41, 5.74) is 1.99. The first kappa shape index (κ1) is 18.8. The van der Waals surface area contributed by atoms with Crippen LogP contribution in [0.3, 0.4) is 0 Å². The topological polar surface area (TPSA) is 78.5 Å². The Morgan fingerprint density at radius 3 is 2.57 bits per heavy atom. The van der Waals surface area contributed by atoms with Crippen LogP contribution in [-0.2, 0) is 10.1 Å². The van der Waals surface area contributed by atoms with Crippen LogP contribution in [0, 0.1) is 0 Å². The Morgan fingerprint density at radius 1 is 0.964 bits per heavy atom. The molecule has 0 amide bonds. The second-order valence-electron chi connectivity index (χ2n) is 6.92. The maximum absolute atomic E-state index is 12.2. The monoisotopic (exact) mass is 400 g/mol. The van der Waals surface area contributed by atoms with Gasteiger partial charge in [-0.3, -0.25) is 0 Å². The lowest BCUT2D eigenvalue weighted by atomic mass is 10.3. The summed E-state index contributed by atoms with van der Waals surface area (Å²) in [5, 5.41) is 0. The lowest BCUT2D eigenvalue weighted by molar-refractivity contribution is 0.308. The number of aromatic amines is 1. The number of aromatic nitrogens is 2. The smallest absolute Gasteiger partial charge is 0.310 e. The largest absolute Gasteiger partial charge is 0.382 e. The molecule has 1 aromatic heterocycles. The van der Waals surface area contributed by atoms with E-state index < -0.39 is 10.1 Å². The number of anilines is 1. The van der Waals surface area contributed by atoms with Gasteiger partial charge in [0, 0.05) is 26.2 Å². The lowest BCUT2D eigenvalue weighted by Crippen LogP contribution is -2.34. The molecule has 0 atom stereocenters. The van der Waals surface area contributed by atoms with Gasteiger partial charge in [0.15, 0.2) is 0 Å². The average molecular weight is 401 g/mol. The Labute approximate surface area is 165 Å². The first-order valence-corrected chi connectivity index (χ1v) is 11.1. The number of hydrogen-bond donors (Lipinski definition) is 1. The highest BCUT2D eigenvalue weighted by molar-refractivity contribution is 7.87. The predicted molar refractivity (Wildman–Crippen MR) is 110 cm³/mol. The molecule has 1 N–H and O–H groups in total. The van der Waals surface area contributed by atoms with Crippen LogP contribution < -0.4 is 9.08 Å². The first-order chi connectivity index (χ1) is 13.6.